The van der Waals surface area contributed by atoms with Gasteiger partial charge in [-0.25, -0.2) is 0 Å². The summed E-state index contributed by atoms with van der Waals surface area (Å²) in [6, 6.07) is 12.8. The van der Waals surface area contributed by atoms with Crippen LogP contribution in [0.1, 0.15) is 63.3 Å². The average molecular weight is 543 g/mol. The normalized spacial score (nSPS) is 30.0. The highest BCUT2D eigenvalue weighted by Crippen LogP contribution is 2.65. The molecule has 4 N–H and O–H groups in total. The number of Topliss-reactive ketones (excluding diaryl/α,β-unsaturated/α-hetero) is 3. The van der Waals surface area contributed by atoms with Gasteiger partial charge >= 0.3 is 0 Å². The summed E-state index contributed by atoms with van der Waals surface area (Å²) in [4.78, 5) is 40.4. The topological polar surface area (TPSA) is 132 Å². The summed E-state index contributed by atoms with van der Waals surface area (Å²) >= 11 is 0. The molecule has 3 aliphatic carbocycles. The number of phenols is 1. The van der Waals surface area contributed by atoms with Crippen LogP contribution < -0.4 is 0 Å². The molecule has 2 aromatic carbocycles. The van der Waals surface area contributed by atoms with Crippen LogP contribution in [0.15, 0.2) is 59.4 Å². The Morgan fingerprint density at radius 1 is 1.00 bits per heavy atom. The lowest BCUT2D eigenvalue weighted by atomic mass is 9.43. The molecular formula is C33H34O7. The molecule has 0 spiro atoms. The Labute approximate surface area is 233 Å². The van der Waals surface area contributed by atoms with Crippen molar-refractivity contribution >= 4 is 35.3 Å². The molecule has 0 aliphatic heterocycles. The van der Waals surface area contributed by atoms with Gasteiger partial charge < -0.3 is 20.4 Å². The van der Waals surface area contributed by atoms with E-state index in [1.165, 1.54) is 6.07 Å². The molecule has 208 valence electrons. The van der Waals surface area contributed by atoms with Crippen molar-refractivity contribution in [3.8, 4) is 5.75 Å². The fourth-order valence-corrected chi connectivity index (χ4v) is 7.65. The van der Waals surface area contributed by atoms with Gasteiger partial charge in [0, 0.05) is 22.3 Å². The van der Waals surface area contributed by atoms with E-state index < -0.39 is 56.8 Å². The highest BCUT2D eigenvalue weighted by molar-refractivity contribution is 6.24. The van der Waals surface area contributed by atoms with Crippen LogP contribution in [0.25, 0.3) is 17.9 Å². The second-order valence-corrected chi connectivity index (χ2v) is 12.2. The Morgan fingerprint density at radius 2 is 1.65 bits per heavy atom. The first-order valence-electron chi connectivity index (χ1n) is 13.5. The van der Waals surface area contributed by atoms with E-state index in [4.69, 9.17) is 0 Å². The number of ketones is 3. The number of phenolic OH excluding ortho intramolecular Hbond substituents is 1. The molecule has 0 amide bonds. The van der Waals surface area contributed by atoms with Gasteiger partial charge in [0.05, 0.1) is 5.56 Å². The zero-order chi connectivity index (χ0) is 29.4. The van der Waals surface area contributed by atoms with Crippen molar-refractivity contribution in [3.05, 3.63) is 81.6 Å². The Morgan fingerprint density at radius 3 is 2.25 bits per heavy atom. The van der Waals surface area contributed by atoms with E-state index in [0.717, 1.165) is 18.1 Å². The van der Waals surface area contributed by atoms with Crippen LogP contribution in [0.5, 0.6) is 5.75 Å². The van der Waals surface area contributed by atoms with Crippen LogP contribution in [-0.4, -0.2) is 43.4 Å². The Balaban J connectivity index is 1.76. The fourth-order valence-electron chi connectivity index (χ4n) is 7.65. The number of rotatable bonds is 4. The van der Waals surface area contributed by atoms with Crippen molar-refractivity contribution in [1.82, 2.24) is 0 Å². The van der Waals surface area contributed by atoms with Gasteiger partial charge in [-0.3, -0.25) is 14.4 Å². The molecule has 4 atom stereocenters. The lowest BCUT2D eigenvalue weighted by Crippen LogP contribution is -2.69. The minimum atomic E-state index is -2.61. The first kappa shape index (κ1) is 27.6. The third-order valence-electron chi connectivity index (χ3n) is 9.18. The molecule has 40 heavy (non-hydrogen) atoms. The average Bonchev–Trinajstić information content (AvgIpc) is 2.86. The fraction of sp³-hybridized carbons (Fsp3) is 0.364. The highest BCUT2D eigenvalue weighted by Gasteiger charge is 2.72. The molecule has 3 aliphatic rings. The summed E-state index contributed by atoms with van der Waals surface area (Å²) in [5.41, 5.74) is -3.45. The first-order chi connectivity index (χ1) is 18.7. The number of aromatic hydroxyl groups is 1. The monoisotopic (exact) mass is 542 g/mol. The van der Waals surface area contributed by atoms with Gasteiger partial charge in [0.1, 0.15) is 22.8 Å². The molecule has 0 radical (unpaired) electrons. The molecule has 0 bridgehead atoms. The zero-order valence-electron chi connectivity index (χ0n) is 23.3. The lowest BCUT2D eigenvalue weighted by Gasteiger charge is -2.59. The number of benzene rings is 2. The zero-order valence-corrected chi connectivity index (χ0v) is 23.3. The van der Waals surface area contributed by atoms with E-state index in [0.29, 0.717) is 5.56 Å². The van der Waals surface area contributed by atoms with Crippen molar-refractivity contribution in [3.63, 3.8) is 0 Å². The first-order valence-corrected chi connectivity index (χ1v) is 13.5. The van der Waals surface area contributed by atoms with E-state index in [9.17, 15) is 34.8 Å². The van der Waals surface area contributed by atoms with E-state index in [2.05, 4.69) is 0 Å². The summed E-state index contributed by atoms with van der Waals surface area (Å²) in [6.07, 6.45) is 4.08. The van der Waals surface area contributed by atoms with Crippen LogP contribution in [0.3, 0.4) is 0 Å². The number of allylic oxidation sites excluding steroid dienone is 1. The van der Waals surface area contributed by atoms with Crippen molar-refractivity contribution in [2.75, 3.05) is 0 Å². The molecule has 0 heterocycles. The summed E-state index contributed by atoms with van der Waals surface area (Å²) < 4.78 is 0. The molecule has 1 saturated carbocycles. The van der Waals surface area contributed by atoms with Gasteiger partial charge in [-0.1, -0.05) is 76.2 Å². The van der Waals surface area contributed by atoms with Gasteiger partial charge in [0.15, 0.2) is 17.2 Å². The minimum absolute atomic E-state index is 0.0579. The molecule has 1 unspecified atom stereocenters. The van der Waals surface area contributed by atoms with Crippen LogP contribution in [-0.2, 0) is 20.8 Å². The quantitative estimate of drug-likeness (QED) is 0.302. The maximum Gasteiger partial charge on any atom is 0.203 e. The number of hydrogen-bond donors (Lipinski definition) is 4. The number of aliphatic hydroxyl groups excluding tert-OH is 2. The summed E-state index contributed by atoms with van der Waals surface area (Å²) in [5, 5.41) is 45.8. The predicted molar refractivity (Wildman–Crippen MR) is 151 cm³/mol. The molecule has 5 rings (SSSR count). The van der Waals surface area contributed by atoms with Crippen LogP contribution in [0.2, 0.25) is 0 Å². The van der Waals surface area contributed by atoms with Crippen LogP contribution in [0.4, 0.5) is 0 Å². The van der Waals surface area contributed by atoms with E-state index in [1.54, 1.807) is 33.8 Å². The van der Waals surface area contributed by atoms with Crippen molar-refractivity contribution < 1.29 is 34.8 Å². The number of fused-ring (bicyclic) bond motifs is 3. The number of carbonyl (C=O) groups excluding carboxylic acids is 3. The van der Waals surface area contributed by atoms with Gasteiger partial charge in [0.25, 0.3) is 0 Å². The second-order valence-electron chi connectivity index (χ2n) is 12.2. The van der Waals surface area contributed by atoms with Crippen molar-refractivity contribution in [2.24, 2.45) is 22.7 Å². The van der Waals surface area contributed by atoms with Crippen LogP contribution >= 0.6 is 0 Å². The minimum Gasteiger partial charge on any atom is -0.508 e. The molecule has 2 aromatic rings. The van der Waals surface area contributed by atoms with Crippen molar-refractivity contribution in [1.29, 1.82) is 0 Å². The SMILES string of the molecule is CC(=O)C1=C(O)[C@]2(O)C(=O)C3=C(O)c4c(O)ccc(/C=C/c5ccccc5)c4C[C@]3(C)C[C@]2(C)C(C(C)C)C1=O. The molecule has 1 fully saturated rings. The predicted octanol–water partition coefficient (Wildman–Crippen LogP) is 5.36. The number of carbonyl (C=O) groups is 3. The Bertz CT molecular complexity index is 1560. The molecule has 0 saturated heterocycles. The van der Waals surface area contributed by atoms with Gasteiger partial charge in [0.2, 0.25) is 5.78 Å². The summed E-state index contributed by atoms with van der Waals surface area (Å²) in [7, 11) is 0. The molecular weight excluding hydrogens is 508 g/mol. The highest BCUT2D eigenvalue weighted by atomic mass is 16.3. The largest absolute Gasteiger partial charge is 0.508 e. The maximum absolute atomic E-state index is 14.3. The summed E-state index contributed by atoms with van der Waals surface area (Å²) in [6.45, 7) is 8.08. The Hall–Kier alpha value is -3.97. The summed E-state index contributed by atoms with van der Waals surface area (Å²) in [5.74, 6) is -5.30. The van der Waals surface area contributed by atoms with Crippen LogP contribution in [0, 0.1) is 22.7 Å². The maximum atomic E-state index is 14.3. The number of aliphatic hydroxyl groups is 3. The smallest absolute Gasteiger partial charge is 0.203 e. The standard InChI is InChI=1S/C33H34O7/c1-17(2)25-27(36)23(18(3)34)29(38)33(40)30(39)26-28(37)24-21(15-31(26,4)16-32(25,33)5)20(13-14-22(24)35)12-11-19-9-7-6-8-10-19/h6-14,17,25,35,37-38,40H,15-16H2,1-5H3/b12-11+/t25?,31-,32-,33+/m1/s1. The Kier molecular flexibility index (Phi) is 6.23. The van der Waals surface area contributed by atoms with Gasteiger partial charge in [-0.2, -0.15) is 0 Å². The van der Waals surface area contributed by atoms with E-state index in [-0.39, 0.29) is 35.6 Å². The molecule has 7 heteroatoms. The van der Waals surface area contributed by atoms with E-state index in [1.807, 2.05) is 42.5 Å². The van der Waals surface area contributed by atoms with Crippen molar-refractivity contribution in [2.45, 2.75) is 53.1 Å². The van der Waals surface area contributed by atoms with Gasteiger partial charge in [-0.05, 0) is 48.4 Å². The molecule has 0 aromatic heterocycles. The number of hydrogen-bond acceptors (Lipinski definition) is 7. The third-order valence-corrected chi connectivity index (χ3v) is 9.18. The lowest BCUT2D eigenvalue weighted by molar-refractivity contribution is -0.178. The van der Waals surface area contributed by atoms with Gasteiger partial charge in [-0.15, -0.1) is 0 Å². The third kappa shape index (κ3) is 3.57. The molecule has 7 nitrogen and oxygen atoms in total. The van der Waals surface area contributed by atoms with E-state index >= 15 is 0 Å². The second kappa shape index (κ2) is 9.03.